The van der Waals surface area contributed by atoms with Gasteiger partial charge in [0.25, 0.3) is 0 Å². The minimum absolute atomic E-state index is 0.181. The number of halogens is 3. The Morgan fingerprint density at radius 1 is 1.21 bits per heavy atom. The second-order valence-corrected chi connectivity index (χ2v) is 7.90. The molecule has 7 heteroatoms. The van der Waals surface area contributed by atoms with Crippen molar-refractivity contribution in [1.82, 2.24) is 5.32 Å². The van der Waals surface area contributed by atoms with E-state index < -0.39 is 11.7 Å². The lowest BCUT2D eigenvalue weighted by Gasteiger charge is -2.33. The van der Waals surface area contributed by atoms with E-state index in [1.807, 2.05) is 12.1 Å². The van der Waals surface area contributed by atoms with Crippen LogP contribution in [0.5, 0.6) is 5.75 Å². The smallest absolute Gasteiger partial charge is 0.417 e. The summed E-state index contributed by atoms with van der Waals surface area (Å²) >= 11 is 0. The minimum atomic E-state index is -4.46. The molecule has 2 aromatic carbocycles. The summed E-state index contributed by atoms with van der Waals surface area (Å²) in [6.45, 7) is 3.71. The van der Waals surface area contributed by atoms with Gasteiger partial charge in [0.05, 0.1) is 25.9 Å². The first-order chi connectivity index (χ1) is 14.0. The van der Waals surface area contributed by atoms with E-state index in [0.29, 0.717) is 30.7 Å². The van der Waals surface area contributed by atoms with Crippen molar-refractivity contribution in [3.8, 4) is 16.9 Å². The van der Waals surface area contributed by atoms with Crippen molar-refractivity contribution in [1.29, 1.82) is 0 Å². The van der Waals surface area contributed by atoms with E-state index in [0.717, 1.165) is 43.2 Å². The number of nitrogens with zero attached hydrogens (tertiary/aromatic N) is 1. The largest absolute Gasteiger partial charge is 0.497 e. The SMILES string of the molecule is COc1ccc(-c2cc3c4c(c2)C2CNCC[C@@H]2N4CCOC3)c(C(F)(F)F)c1. The van der Waals surface area contributed by atoms with Gasteiger partial charge in [0.2, 0.25) is 0 Å². The van der Waals surface area contributed by atoms with Crippen molar-refractivity contribution >= 4 is 5.69 Å². The number of hydrogen-bond acceptors (Lipinski definition) is 4. The Kier molecular flexibility index (Phi) is 4.47. The van der Waals surface area contributed by atoms with Crippen LogP contribution in [-0.4, -0.2) is 39.4 Å². The lowest BCUT2D eigenvalue weighted by Crippen LogP contribution is -2.44. The first-order valence-corrected chi connectivity index (χ1v) is 9.95. The van der Waals surface area contributed by atoms with Crippen LogP contribution in [0.4, 0.5) is 18.9 Å². The molecule has 1 saturated heterocycles. The standard InChI is InChI=1S/C22H23F3N2O2/c1-28-15-2-3-16(19(10-15)22(23,24)25)13-8-14-12-29-7-6-27-20-4-5-26-11-18(20)17(9-13)21(14)27/h2-3,8-10,18,20,26H,4-7,11-12H2,1H3/t18?,20-/m0/s1. The Bertz CT molecular complexity index is 944. The highest BCUT2D eigenvalue weighted by molar-refractivity contribution is 5.78. The first-order valence-electron chi connectivity index (χ1n) is 9.95. The fraction of sp³-hybridized carbons (Fsp3) is 0.455. The highest BCUT2D eigenvalue weighted by Crippen LogP contribution is 2.49. The van der Waals surface area contributed by atoms with Crippen molar-refractivity contribution in [2.45, 2.75) is 31.2 Å². The summed E-state index contributed by atoms with van der Waals surface area (Å²) in [4.78, 5) is 2.42. The zero-order chi connectivity index (χ0) is 20.2. The molecule has 0 spiro atoms. The molecule has 29 heavy (non-hydrogen) atoms. The van der Waals surface area contributed by atoms with Crippen molar-refractivity contribution in [3.63, 3.8) is 0 Å². The van der Waals surface area contributed by atoms with E-state index in [1.165, 1.54) is 18.9 Å². The van der Waals surface area contributed by atoms with E-state index in [4.69, 9.17) is 9.47 Å². The first kappa shape index (κ1) is 18.8. The van der Waals surface area contributed by atoms with E-state index in [1.54, 1.807) is 6.07 Å². The van der Waals surface area contributed by atoms with Crippen LogP contribution in [0.2, 0.25) is 0 Å². The maximum Gasteiger partial charge on any atom is 0.417 e. The van der Waals surface area contributed by atoms with Gasteiger partial charge in [-0.3, -0.25) is 0 Å². The van der Waals surface area contributed by atoms with Gasteiger partial charge in [0.15, 0.2) is 0 Å². The van der Waals surface area contributed by atoms with Gasteiger partial charge in [-0.15, -0.1) is 0 Å². The number of alkyl halides is 3. The van der Waals surface area contributed by atoms with Crippen LogP contribution in [0.3, 0.4) is 0 Å². The molecular weight excluding hydrogens is 381 g/mol. The number of ether oxygens (including phenoxy) is 2. The quantitative estimate of drug-likeness (QED) is 0.815. The molecular formula is C22H23F3N2O2. The van der Waals surface area contributed by atoms with Gasteiger partial charge in [-0.25, -0.2) is 0 Å². The van der Waals surface area contributed by atoms with Crippen LogP contribution in [0.1, 0.15) is 29.0 Å². The molecule has 0 amide bonds. The number of benzene rings is 2. The lowest BCUT2D eigenvalue weighted by atomic mass is 9.87. The average molecular weight is 404 g/mol. The number of anilines is 1. The third kappa shape index (κ3) is 3.07. The Labute approximate surface area is 167 Å². The molecule has 2 aromatic rings. The van der Waals surface area contributed by atoms with Gasteiger partial charge in [-0.05, 0) is 53.9 Å². The summed E-state index contributed by atoms with van der Waals surface area (Å²) in [5, 5.41) is 3.45. The Morgan fingerprint density at radius 3 is 2.86 bits per heavy atom. The zero-order valence-corrected chi connectivity index (χ0v) is 16.2. The molecule has 0 saturated carbocycles. The van der Waals surface area contributed by atoms with Crippen molar-refractivity contribution < 1.29 is 22.6 Å². The van der Waals surface area contributed by atoms with Crippen LogP contribution in [0.25, 0.3) is 11.1 Å². The van der Waals surface area contributed by atoms with Crippen LogP contribution in [0.15, 0.2) is 30.3 Å². The number of rotatable bonds is 2. The van der Waals surface area contributed by atoms with Crippen LogP contribution < -0.4 is 15.0 Å². The monoisotopic (exact) mass is 404 g/mol. The number of methoxy groups -OCH3 is 1. The van der Waals surface area contributed by atoms with Gasteiger partial charge in [0, 0.05) is 36.3 Å². The highest BCUT2D eigenvalue weighted by Gasteiger charge is 2.42. The Balaban J connectivity index is 1.69. The molecule has 4 nitrogen and oxygen atoms in total. The second kappa shape index (κ2) is 6.92. The van der Waals surface area contributed by atoms with Gasteiger partial charge < -0.3 is 19.7 Å². The van der Waals surface area contributed by atoms with E-state index in [9.17, 15) is 13.2 Å². The van der Waals surface area contributed by atoms with Crippen LogP contribution >= 0.6 is 0 Å². The maximum absolute atomic E-state index is 13.8. The van der Waals surface area contributed by atoms with Gasteiger partial charge in [-0.1, -0.05) is 6.07 Å². The van der Waals surface area contributed by atoms with Gasteiger partial charge in [-0.2, -0.15) is 13.2 Å². The molecule has 3 heterocycles. The number of hydrogen-bond donors (Lipinski definition) is 1. The molecule has 3 aliphatic rings. The molecule has 2 atom stereocenters. The molecule has 3 aliphatic heterocycles. The zero-order valence-electron chi connectivity index (χ0n) is 16.2. The average Bonchev–Trinajstić information content (AvgIpc) is 2.88. The number of nitrogens with one attached hydrogen (secondary N) is 1. The van der Waals surface area contributed by atoms with E-state index >= 15 is 0 Å². The molecule has 5 rings (SSSR count). The topological polar surface area (TPSA) is 33.7 Å². The maximum atomic E-state index is 13.8. The van der Waals surface area contributed by atoms with E-state index in [-0.39, 0.29) is 11.3 Å². The van der Waals surface area contributed by atoms with Gasteiger partial charge in [0.1, 0.15) is 5.75 Å². The molecule has 154 valence electrons. The lowest BCUT2D eigenvalue weighted by molar-refractivity contribution is -0.137. The fourth-order valence-corrected chi connectivity index (χ4v) is 5.08. The summed E-state index contributed by atoms with van der Waals surface area (Å²) in [5.74, 6) is 0.495. The third-order valence-corrected chi connectivity index (χ3v) is 6.33. The van der Waals surface area contributed by atoms with Gasteiger partial charge >= 0.3 is 6.18 Å². The second-order valence-electron chi connectivity index (χ2n) is 7.90. The molecule has 0 aromatic heterocycles. The van der Waals surface area contributed by atoms with Crippen molar-refractivity contribution in [2.75, 3.05) is 38.3 Å². The summed E-state index contributed by atoms with van der Waals surface area (Å²) in [6, 6.07) is 8.40. The Morgan fingerprint density at radius 2 is 2.07 bits per heavy atom. The molecule has 1 fully saturated rings. The number of fused-ring (bicyclic) bond motifs is 3. The predicted molar refractivity (Wildman–Crippen MR) is 104 cm³/mol. The van der Waals surface area contributed by atoms with Crippen molar-refractivity contribution in [3.05, 3.63) is 47.0 Å². The minimum Gasteiger partial charge on any atom is -0.497 e. The molecule has 1 N–H and O–H groups in total. The van der Waals surface area contributed by atoms with Crippen LogP contribution in [-0.2, 0) is 17.5 Å². The van der Waals surface area contributed by atoms with Crippen LogP contribution in [0, 0.1) is 0 Å². The molecule has 1 unspecified atom stereocenters. The predicted octanol–water partition coefficient (Wildman–Crippen LogP) is 4.18. The summed E-state index contributed by atoms with van der Waals surface area (Å²) in [7, 11) is 1.38. The number of piperidine rings is 1. The summed E-state index contributed by atoms with van der Waals surface area (Å²) in [6.07, 6.45) is -3.43. The summed E-state index contributed by atoms with van der Waals surface area (Å²) < 4.78 is 52.3. The van der Waals surface area contributed by atoms with E-state index in [2.05, 4.69) is 10.2 Å². The van der Waals surface area contributed by atoms with Crippen molar-refractivity contribution in [2.24, 2.45) is 0 Å². The normalized spacial score (nSPS) is 23.4. The Hall–Kier alpha value is -2.25. The summed E-state index contributed by atoms with van der Waals surface area (Å²) in [5.41, 5.74) is 3.39. The molecule has 0 aliphatic carbocycles. The third-order valence-electron chi connectivity index (χ3n) is 6.33. The molecule has 0 bridgehead atoms. The molecule has 0 radical (unpaired) electrons. The highest BCUT2D eigenvalue weighted by atomic mass is 19.4. The fourth-order valence-electron chi connectivity index (χ4n) is 5.08.